The molecule has 0 bridgehead atoms. The second-order valence-corrected chi connectivity index (χ2v) is 3.74. The van der Waals surface area contributed by atoms with Crippen molar-refractivity contribution in [1.82, 2.24) is 10.2 Å². The van der Waals surface area contributed by atoms with Crippen LogP contribution in [0.5, 0.6) is 0 Å². The Bertz CT molecular complexity index is 377. The van der Waals surface area contributed by atoms with E-state index in [0.717, 1.165) is 6.42 Å². The highest BCUT2D eigenvalue weighted by molar-refractivity contribution is 5.83. The molecule has 1 aliphatic rings. The predicted molar refractivity (Wildman–Crippen MR) is 53.0 cm³/mol. The summed E-state index contributed by atoms with van der Waals surface area (Å²) >= 11 is 0. The van der Waals surface area contributed by atoms with E-state index in [4.69, 9.17) is 13.9 Å². The number of carbonyl (C=O) groups excluding carboxylic acids is 1. The number of esters is 1. The molecule has 0 spiro atoms. The van der Waals surface area contributed by atoms with Gasteiger partial charge in [0.2, 0.25) is 5.89 Å². The van der Waals surface area contributed by atoms with Crippen molar-refractivity contribution < 1.29 is 18.7 Å². The Morgan fingerprint density at radius 2 is 2.38 bits per heavy atom. The molecule has 2 rings (SSSR count). The van der Waals surface area contributed by atoms with Gasteiger partial charge in [0.25, 0.3) is 0 Å². The van der Waals surface area contributed by atoms with Crippen molar-refractivity contribution in [1.29, 1.82) is 0 Å². The van der Waals surface area contributed by atoms with Crippen LogP contribution in [0.4, 0.5) is 0 Å². The molecule has 0 N–H and O–H groups in total. The lowest BCUT2D eigenvalue weighted by atomic mass is 10.1. The summed E-state index contributed by atoms with van der Waals surface area (Å²) in [6, 6.07) is 0. The van der Waals surface area contributed by atoms with E-state index in [0.29, 0.717) is 19.1 Å². The second kappa shape index (κ2) is 4.61. The Hall–Kier alpha value is -1.43. The molecule has 2 unspecified atom stereocenters. The van der Waals surface area contributed by atoms with E-state index in [1.807, 2.05) is 6.92 Å². The van der Waals surface area contributed by atoms with Gasteiger partial charge in [-0.05, 0) is 20.3 Å². The van der Waals surface area contributed by atoms with E-state index in [1.165, 1.54) is 0 Å². The third-order valence-corrected chi connectivity index (χ3v) is 2.44. The van der Waals surface area contributed by atoms with Gasteiger partial charge < -0.3 is 13.9 Å². The third kappa shape index (κ3) is 2.21. The van der Waals surface area contributed by atoms with Gasteiger partial charge in [0.1, 0.15) is 0 Å². The molecule has 0 radical (unpaired) electrons. The minimum Gasteiger partial charge on any atom is -0.459 e. The Morgan fingerprint density at radius 1 is 1.56 bits per heavy atom. The molecule has 88 valence electrons. The number of hydrogen-bond donors (Lipinski definition) is 0. The number of hydrogen-bond acceptors (Lipinski definition) is 6. The fourth-order valence-corrected chi connectivity index (χ4v) is 1.66. The Morgan fingerprint density at radius 3 is 3.00 bits per heavy atom. The topological polar surface area (TPSA) is 74.5 Å². The Kier molecular flexibility index (Phi) is 3.19. The maximum atomic E-state index is 11.3. The smallest absolute Gasteiger partial charge is 0.396 e. The van der Waals surface area contributed by atoms with Crippen LogP contribution in [0.15, 0.2) is 4.42 Å². The van der Waals surface area contributed by atoms with Crippen LogP contribution in [-0.4, -0.2) is 35.5 Å². The summed E-state index contributed by atoms with van der Waals surface area (Å²) in [6.07, 6.45) is 1.03. The molecule has 0 aliphatic carbocycles. The number of aromatic nitrogens is 2. The van der Waals surface area contributed by atoms with Gasteiger partial charge in [-0.1, -0.05) is 0 Å². The lowest BCUT2D eigenvalue weighted by Gasteiger charge is -1.99. The van der Waals surface area contributed by atoms with Gasteiger partial charge in [-0.25, -0.2) is 4.79 Å². The minimum atomic E-state index is -0.576. The highest BCUT2D eigenvalue weighted by atomic mass is 16.5. The summed E-state index contributed by atoms with van der Waals surface area (Å²) < 4.78 is 15.4. The first-order valence-corrected chi connectivity index (χ1v) is 5.32. The summed E-state index contributed by atoms with van der Waals surface area (Å²) in [5, 5.41) is 7.50. The maximum absolute atomic E-state index is 11.3. The van der Waals surface area contributed by atoms with Crippen molar-refractivity contribution in [2.75, 3.05) is 13.2 Å². The van der Waals surface area contributed by atoms with Crippen molar-refractivity contribution in [2.45, 2.75) is 32.3 Å². The number of carbonyl (C=O) groups is 1. The van der Waals surface area contributed by atoms with Crippen molar-refractivity contribution >= 4 is 5.97 Å². The molecule has 1 fully saturated rings. The fourth-order valence-electron chi connectivity index (χ4n) is 1.66. The van der Waals surface area contributed by atoms with Crippen LogP contribution in [0.1, 0.15) is 42.8 Å². The molecule has 1 aromatic heterocycles. The van der Waals surface area contributed by atoms with Crippen LogP contribution in [0, 0.1) is 0 Å². The van der Waals surface area contributed by atoms with E-state index in [1.54, 1.807) is 6.92 Å². The molecule has 0 aromatic carbocycles. The Balaban J connectivity index is 2.04. The standard InChI is InChI=1S/C10H14N2O4/c1-3-14-10(13)9-12-11-8(16-9)7-4-6(2)15-5-7/h6-7H,3-5H2,1-2H3. The normalized spacial score (nSPS) is 24.6. The van der Waals surface area contributed by atoms with Gasteiger partial charge in [0.05, 0.1) is 25.2 Å². The van der Waals surface area contributed by atoms with Gasteiger partial charge >= 0.3 is 11.9 Å². The van der Waals surface area contributed by atoms with Gasteiger partial charge in [-0.3, -0.25) is 0 Å². The van der Waals surface area contributed by atoms with Crippen LogP contribution in [0.2, 0.25) is 0 Å². The summed E-state index contributed by atoms with van der Waals surface area (Å²) in [5.41, 5.74) is 0. The van der Waals surface area contributed by atoms with E-state index < -0.39 is 5.97 Å². The second-order valence-electron chi connectivity index (χ2n) is 3.74. The molecule has 1 aromatic rings. The van der Waals surface area contributed by atoms with E-state index in [2.05, 4.69) is 10.2 Å². The summed E-state index contributed by atoms with van der Waals surface area (Å²) in [6.45, 7) is 4.57. The van der Waals surface area contributed by atoms with Gasteiger partial charge in [-0.15, -0.1) is 10.2 Å². The largest absolute Gasteiger partial charge is 0.459 e. The summed E-state index contributed by atoms with van der Waals surface area (Å²) in [5.74, 6) is -0.123. The Labute approximate surface area is 92.9 Å². The first-order valence-electron chi connectivity index (χ1n) is 5.32. The van der Waals surface area contributed by atoms with Gasteiger partial charge in [0.15, 0.2) is 0 Å². The molecule has 2 heterocycles. The number of rotatable bonds is 3. The third-order valence-electron chi connectivity index (χ3n) is 2.44. The number of nitrogens with zero attached hydrogens (tertiary/aromatic N) is 2. The van der Waals surface area contributed by atoms with Gasteiger partial charge in [-0.2, -0.15) is 0 Å². The maximum Gasteiger partial charge on any atom is 0.396 e. The highest BCUT2D eigenvalue weighted by Gasteiger charge is 2.29. The van der Waals surface area contributed by atoms with Crippen LogP contribution >= 0.6 is 0 Å². The molecule has 2 atom stereocenters. The first kappa shape index (κ1) is 11.1. The molecule has 1 aliphatic heterocycles. The highest BCUT2D eigenvalue weighted by Crippen LogP contribution is 2.28. The zero-order valence-corrected chi connectivity index (χ0v) is 9.30. The molecular formula is C10H14N2O4. The molecule has 6 nitrogen and oxygen atoms in total. The monoisotopic (exact) mass is 226 g/mol. The van der Waals surface area contributed by atoms with Crippen molar-refractivity contribution in [3.8, 4) is 0 Å². The minimum absolute atomic E-state index is 0.0867. The summed E-state index contributed by atoms with van der Waals surface area (Å²) in [7, 11) is 0. The SMILES string of the molecule is CCOC(=O)c1nnc(C2COC(C)C2)o1. The van der Waals surface area contributed by atoms with Crippen LogP contribution in [0.3, 0.4) is 0 Å². The molecule has 1 saturated heterocycles. The lowest BCUT2D eigenvalue weighted by Crippen LogP contribution is -2.04. The predicted octanol–water partition coefficient (Wildman–Crippen LogP) is 1.14. The van der Waals surface area contributed by atoms with E-state index in [-0.39, 0.29) is 17.9 Å². The molecule has 16 heavy (non-hydrogen) atoms. The quantitative estimate of drug-likeness (QED) is 0.719. The van der Waals surface area contributed by atoms with Crippen molar-refractivity contribution in [3.63, 3.8) is 0 Å². The lowest BCUT2D eigenvalue weighted by molar-refractivity contribution is 0.0477. The average Bonchev–Trinajstić information content (AvgIpc) is 2.85. The number of ether oxygens (including phenoxy) is 2. The van der Waals surface area contributed by atoms with Gasteiger partial charge in [0, 0.05) is 0 Å². The summed E-state index contributed by atoms with van der Waals surface area (Å²) in [4.78, 5) is 11.3. The average molecular weight is 226 g/mol. The molecular weight excluding hydrogens is 212 g/mol. The van der Waals surface area contributed by atoms with Crippen LogP contribution < -0.4 is 0 Å². The molecule has 0 saturated carbocycles. The van der Waals surface area contributed by atoms with Crippen LogP contribution in [-0.2, 0) is 9.47 Å². The van der Waals surface area contributed by atoms with E-state index in [9.17, 15) is 4.79 Å². The fraction of sp³-hybridized carbons (Fsp3) is 0.700. The van der Waals surface area contributed by atoms with Crippen molar-refractivity contribution in [2.24, 2.45) is 0 Å². The van der Waals surface area contributed by atoms with Crippen LogP contribution in [0.25, 0.3) is 0 Å². The van der Waals surface area contributed by atoms with Crippen molar-refractivity contribution in [3.05, 3.63) is 11.8 Å². The first-order chi connectivity index (χ1) is 7.70. The zero-order valence-electron chi connectivity index (χ0n) is 9.30. The zero-order chi connectivity index (χ0) is 11.5. The molecule has 0 amide bonds. The van der Waals surface area contributed by atoms with E-state index >= 15 is 0 Å². The molecule has 6 heteroatoms.